The fourth-order valence-electron chi connectivity index (χ4n) is 4.38. The van der Waals surface area contributed by atoms with E-state index in [0.717, 1.165) is 30.8 Å². The highest BCUT2D eigenvalue weighted by Crippen LogP contribution is 2.39. The molecule has 35 heavy (non-hydrogen) atoms. The van der Waals surface area contributed by atoms with E-state index in [1.807, 2.05) is 35.4 Å². The van der Waals surface area contributed by atoms with Crippen molar-refractivity contribution in [2.45, 2.75) is 19.9 Å². The van der Waals surface area contributed by atoms with Gasteiger partial charge in [0.1, 0.15) is 18.1 Å². The van der Waals surface area contributed by atoms with Crippen LogP contribution in [0.2, 0.25) is 0 Å². The number of benzene rings is 2. The van der Waals surface area contributed by atoms with Crippen molar-refractivity contribution in [3.05, 3.63) is 54.0 Å². The summed E-state index contributed by atoms with van der Waals surface area (Å²) in [7, 11) is 0. The van der Waals surface area contributed by atoms with Gasteiger partial charge in [0, 0.05) is 41.9 Å². The summed E-state index contributed by atoms with van der Waals surface area (Å²) in [4.78, 5) is 12.3. The number of hydrogen-bond donors (Lipinski definition) is 1. The van der Waals surface area contributed by atoms with Crippen molar-refractivity contribution in [1.29, 1.82) is 0 Å². The molecule has 2 aliphatic rings. The van der Waals surface area contributed by atoms with Crippen molar-refractivity contribution in [2.24, 2.45) is 0 Å². The van der Waals surface area contributed by atoms with Gasteiger partial charge in [-0.15, -0.1) is 0 Å². The summed E-state index contributed by atoms with van der Waals surface area (Å²) < 4.78 is 50.0. The second-order valence-electron chi connectivity index (χ2n) is 8.72. The molecule has 184 valence electrons. The van der Waals surface area contributed by atoms with Gasteiger partial charge in [-0.3, -0.25) is 0 Å². The zero-order chi connectivity index (χ0) is 24.5. The lowest BCUT2D eigenvalue weighted by Crippen LogP contribution is -2.38. The van der Waals surface area contributed by atoms with Crippen LogP contribution in [0.1, 0.15) is 13.8 Å². The highest BCUT2D eigenvalue weighted by molar-refractivity contribution is 7.99. The van der Waals surface area contributed by atoms with Crippen molar-refractivity contribution in [1.82, 2.24) is 9.97 Å². The van der Waals surface area contributed by atoms with E-state index in [-0.39, 0.29) is 34.8 Å². The molecule has 3 aromatic rings. The molecule has 0 saturated carbocycles. The monoisotopic (exact) mass is 501 g/mol. The third-order valence-corrected chi connectivity index (χ3v) is 7.05. The number of ether oxygens (including phenoxy) is 1. The molecule has 5 rings (SSSR count). The maximum absolute atomic E-state index is 14.9. The van der Waals surface area contributed by atoms with Crippen LogP contribution in [0.4, 0.5) is 36.2 Å². The van der Waals surface area contributed by atoms with Crippen LogP contribution in [0, 0.1) is 17.5 Å². The Hall–Kier alpha value is -3.14. The normalized spacial score (nSPS) is 15.7. The number of rotatable bonds is 5. The molecule has 1 N–H and O–H groups in total. The average Bonchev–Trinajstić information content (AvgIpc) is 2.85. The van der Waals surface area contributed by atoms with E-state index in [4.69, 9.17) is 4.74 Å². The predicted molar refractivity (Wildman–Crippen MR) is 135 cm³/mol. The molecule has 2 aliphatic heterocycles. The number of hydrogen-bond acceptors (Lipinski definition) is 7. The topological polar surface area (TPSA) is 53.5 Å². The molecule has 3 heterocycles. The molecule has 10 heteroatoms. The molecule has 0 radical (unpaired) electrons. The van der Waals surface area contributed by atoms with E-state index >= 15 is 0 Å². The van der Waals surface area contributed by atoms with Gasteiger partial charge in [0.25, 0.3) is 0 Å². The maximum atomic E-state index is 14.9. The molecule has 6 nitrogen and oxygen atoms in total. The molecular formula is C25H26F3N5OS. The first-order chi connectivity index (χ1) is 16.9. The highest BCUT2D eigenvalue weighted by atomic mass is 32.2. The molecule has 0 atom stereocenters. The number of nitrogens with zero attached hydrogens (tertiary/aromatic N) is 4. The lowest BCUT2D eigenvalue weighted by atomic mass is 10.1. The minimum Gasteiger partial charge on any atom is -0.486 e. The molecule has 0 unspecified atom stereocenters. The van der Waals surface area contributed by atoms with Gasteiger partial charge in [0.2, 0.25) is 5.95 Å². The summed E-state index contributed by atoms with van der Waals surface area (Å²) in [6, 6.07) is 7.84. The first kappa shape index (κ1) is 23.6. The van der Waals surface area contributed by atoms with Gasteiger partial charge in [0.15, 0.2) is 17.4 Å². The third kappa shape index (κ3) is 4.84. The lowest BCUT2D eigenvalue weighted by molar-refractivity contribution is 0.287. The van der Waals surface area contributed by atoms with E-state index in [2.05, 4.69) is 15.3 Å². The van der Waals surface area contributed by atoms with Gasteiger partial charge >= 0.3 is 0 Å². The Kier molecular flexibility index (Phi) is 6.64. The zero-order valence-electron chi connectivity index (χ0n) is 19.5. The second-order valence-corrected chi connectivity index (χ2v) is 9.95. The van der Waals surface area contributed by atoms with E-state index in [9.17, 15) is 13.2 Å². The lowest BCUT2D eigenvalue weighted by Gasteiger charge is -2.34. The predicted octanol–water partition coefficient (Wildman–Crippen LogP) is 5.46. The number of halogens is 3. The molecule has 1 aromatic heterocycles. The molecule has 0 aliphatic carbocycles. The van der Waals surface area contributed by atoms with Crippen LogP contribution in [-0.2, 0) is 0 Å². The highest BCUT2D eigenvalue weighted by Gasteiger charge is 2.26. The maximum Gasteiger partial charge on any atom is 0.227 e. The number of fused-ring (bicyclic) bond motifs is 1. The summed E-state index contributed by atoms with van der Waals surface area (Å²) in [5.74, 6) is 0.555. The first-order valence-electron chi connectivity index (χ1n) is 11.6. The Morgan fingerprint density at radius 1 is 0.971 bits per heavy atom. The summed E-state index contributed by atoms with van der Waals surface area (Å²) in [5.41, 5.74) is 1.76. The molecular weight excluding hydrogens is 475 g/mol. The summed E-state index contributed by atoms with van der Waals surface area (Å²) in [5, 5.41) is 2.94. The number of anilines is 4. The minimum absolute atomic E-state index is 0.0543. The van der Waals surface area contributed by atoms with Crippen LogP contribution >= 0.6 is 11.8 Å². The smallest absolute Gasteiger partial charge is 0.227 e. The van der Waals surface area contributed by atoms with E-state index < -0.39 is 11.6 Å². The van der Waals surface area contributed by atoms with Crippen LogP contribution < -0.4 is 19.9 Å². The summed E-state index contributed by atoms with van der Waals surface area (Å²) >= 11 is 1.86. The summed E-state index contributed by atoms with van der Waals surface area (Å²) in [6.45, 7) is 6.59. The van der Waals surface area contributed by atoms with Crippen LogP contribution in [-0.4, -0.2) is 53.8 Å². The van der Waals surface area contributed by atoms with Gasteiger partial charge in [0.05, 0.1) is 24.1 Å². The van der Waals surface area contributed by atoms with Crippen molar-refractivity contribution in [2.75, 3.05) is 52.9 Å². The largest absolute Gasteiger partial charge is 0.486 e. The summed E-state index contributed by atoms with van der Waals surface area (Å²) in [6.07, 6.45) is 1.02. The minimum atomic E-state index is -0.688. The third-order valence-electron chi connectivity index (χ3n) is 6.11. The zero-order valence-corrected chi connectivity index (χ0v) is 20.3. The molecule has 0 spiro atoms. The second kappa shape index (κ2) is 9.85. The van der Waals surface area contributed by atoms with E-state index in [1.54, 1.807) is 18.2 Å². The fourth-order valence-corrected chi connectivity index (χ4v) is 5.28. The van der Waals surface area contributed by atoms with Crippen molar-refractivity contribution in [3.8, 4) is 17.0 Å². The van der Waals surface area contributed by atoms with E-state index in [1.165, 1.54) is 12.1 Å². The Bertz CT molecular complexity index is 1240. The average molecular weight is 502 g/mol. The van der Waals surface area contributed by atoms with Crippen LogP contribution in [0.25, 0.3) is 11.3 Å². The Morgan fingerprint density at radius 2 is 1.77 bits per heavy atom. The fraction of sp³-hybridized carbons (Fsp3) is 0.360. The van der Waals surface area contributed by atoms with Crippen LogP contribution in [0.15, 0.2) is 36.5 Å². The molecule has 2 aromatic carbocycles. The van der Waals surface area contributed by atoms with Crippen molar-refractivity contribution in [3.63, 3.8) is 0 Å². The Balaban J connectivity index is 1.43. The standard InChI is InChI=1S/C25H26F3N5OS/c1-15(2)33-5-8-34-24-19(27)11-16(12-22(24)33)23-20(28)14-29-25(31-23)30-17-3-4-21(18(26)13-17)32-6-9-35-10-7-32/h3-4,11-15H,5-10H2,1-2H3,(H,29,30,31). The molecule has 0 amide bonds. The van der Waals surface area contributed by atoms with Gasteiger partial charge in [-0.1, -0.05) is 0 Å². The number of thioether (sulfide) groups is 1. The number of nitrogens with one attached hydrogen (secondary N) is 1. The SMILES string of the molecule is CC(C)N1CCOc2c(F)cc(-c3nc(Nc4ccc(N5CCSCC5)c(F)c4)ncc3F)cc21. The van der Waals surface area contributed by atoms with Gasteiger partial charge in [-0.2, -0.15) is 11.8 Å². The molecule has 1 fully saturated rings. The van der Waals surface area contributed by atoms with Gasteiger partial charge < -0.3 is 19.9 Å². The van der Waals surface area contributed by atoms with Crippen LogP contribution in [0.3, 0.4) is 0 Å². The quantitative estimate of drug-likeness (QED) is 0.498. The van der Waals surface area contributed by atoms with Crippen LogP contribution in [0.5, 0.6) is 5.75 Å². The first-order valence-corrected chi connectivity index (χ1v) is 12.7. The van der Waals surface area contributed by atoms with E-state index in [0.29, 0.717) is 30.2 Å². The Labute approximate surface area is 206 Å². The van der Waals surface area contributed by atoms with Gasteiger partial charge in [-0.25, -0.2) is 23.1 Å². The Morgan fingerprint density at radius 3 is 2.51 bits per heavy atom. The molecule has 0 bridgehead atoms. The van der Waals surface area contributed by atoms with Crippen molar-refractivity contribution >= 4 is 34.8 Å². The van der Waals surface area contributed by atoms with Gasteiger partial charge in [-0.05, 0) is 44.2 Å². The number of aromatic nitrogens is 2. The molecule has 1 saturated heterocycles. The van der Waals surface area contributed by atoms with Crippen molar-refractivity contribution < 1.29 is 17.9 Å².